The summed E-state index contributed by atoms with van der Waals surface area (Å²) in [6.45, 7) is 0.394. The van der Waals surface area contributed by atoms with Crippen molar-refractivity contribution in [2.24, 2.45) is 0 Å². The van der Waals surface area contributed by atoms with Crippen LogP contribution in [0.2, 0.25) is 5.02 Å². The molecular weight excluding hydrogens is 291 g/mol. The molecule has 0 heterocycles. The third kappa shape index (κ3) is 3.16. The Morgan fingerprint density at radius 1 is 1.47 bits per heavy atom. The van der Waals surface area contributed by atoms with E-state index in [1.807, 2.05) is 0 Å². The Bertz CT molecular complexity index is 518. The summed E-state index contributed by atoms with van der Waals surface area (Å²) in [5.41, 5.74) is -0.205. The highest BCUT2D eigenvalue weighted by atomic mass is 35.5. The fourth-order valence-electron chi connectivity index (χ4n) is 1.92. The molecule has 0 spiro atoms. The smallest absolute Gasteiger partial charge is 0.283 e. The van der Waals surface area contributed by atoms with Gasteiger partial charge in [0.25, 0.3) is 11.6 Å². The lowest BCUT2D eigenvalue weighted by molar-refractivity contribution is -0.385. The molecule has 0 atom stereocenters. The molecular formula is C12H12Cl2N2O3. The Hall–Kier alpha value is -1.33. The molecule has 0 bridgehead atoms. The molecule has 7 heteroatoms. The standard InChI is InChI=1S/C12H12Cl2N2O3/c13-5-6-15(9-2-3-9)12(17)10-4-1-8(14)7-11(10)16(18)19/h1,4,7,9H,2-3,5-6H2. The zero-order valence-electron chi connectivity index (χ0n) is 10.0. The molecule has 1 amide bonds. The minimum atomic E-state index is -0.592. The fraction of sp³-hybridized carbons (Fsp3) is 0.417. The van der Waals surface area contributed by atoms with Crippen molar-refractivity contribution in [1.29, 1.82) is 0 Å². The average molecular weight is 303 g/mol. The summed E-state index contributed by atoms with van der Waals surface area (Å²) < 4.78 is 0. The van der Waals surface area contributed by atoms with E-state index in [-0.39, 0.29) is 28.2 Å². The average Bonchev–Trinajstić information content (AvgIpc) is 3.19. The number of carbonyl (C=O) groups is 1. The molecule has 102 valence electrons. The van der Waals surface area contributed by atoms with Crippen molar-refractivity contribution in [3.8, 4) is 0 Å². The second-order valence-electron chi connectivity index (χ2n) is 4.34. The molecule has 2 rings (SSSR count). The van der Waals surface area contributed by atoms with E-state index in [1.165, 1.54) is 18.2 Å². The van der Waals surface area contributed by atoms with Gasteiger partial charge in [0.15, 0.2) is 0 Å². The summed E-state index contributed by atoms with van der Waals surface area (Å²) in [5, 5.41) is 11.2. The normalized spacial score (nSPS) is 14.2. The first-order chi connectivity index (χ1) is 9.04. The minimum absolute atomic E-state index is 0.0615. The molecule has 1 aromatic rings. The zero-order chi connectivity index (χ0) is 14.0. The summed E-state index contributed by atoms with van der Waals surface area (Å²) in [7, 11) is 0. The Morgan fingerprint density at radius 2 is 2.16 bits per heavy atom. The molecule has 1 fully saturated rings. The van der Waals surface area contributed by atoms with Crippen molar-refractivity contribution < 1.29 is 9.72 Å². The first-order valence-electron chi connectivity index (χ1n) is 5.85. The third-order valence-electron chi connectivity index (χ3n) is 2.96. The molecule has 0 unspecified atom stereocenters. The van der Waals surface area contributed by atoms with Crippen LogP contribution in [0, 0.1) is 10.1 Å². The van der Waals surface area contributed by atoms with E-state index < -0.39 is 4.92 Å². The van der Waals surface area contributed by atoms with Gasteiger partial charge in [-0.15, -0.1) is 11.6 Å². The lowest BCUT2D eigenvalue weighted by Gasteiger charge is -2.21. The number of hydrogen-bond donors (Lipinski definition) is 0. The van der Waals surface area contributed by atoms with Crippen molar-refractivity contribution in [2.45, 2.75) is 18.9 Å². The minimum Gasteiger partial charge on any atom is -0.334 e. The van der Waals surface area contributed by atoms with Gasteiger partial charge in [-0.1, -0.05) is 11.6 Å². The number of amides is 1. The van der Waals surface area contributed by atoms with Gasteiger partial charge >= 0.3 is 0 Å². The van der Waals surface area contributed by atoms with Crippen molar-refractivity contribution in [1.82, 2.24) is 4.90 Å². The zero-order valence-corrected chi connectivity index (χ0v) is 11.5. The van der Waals surface area contributed by atoms with Crippen LogP contribution in [-0.4, -0.2) is 34.2 Å². The quantitative estimate of drug-likeness (QED) is 0.477. The topological polar surface area (TPSA) is 63.4 Å². The van der Waals surface area contributed by atoms with E-state index in [0.29, 0.717) is 12.4 Å². The summed E-state index contributed by atoms with van der Waals surface area (Å²) in [6.07, 6.45) is 1.84. The van der Waals surface area contributed by atoms with Crippen LogP contribution < -0.4 is 0 Å². The summed E-state index contributed by atoms with van der Waals surface area (Å²) in [5.74, 6) is -0.0459. The highest BCUT2D eigenvalue weighted by molar-refractivity contribution is 6.31. The highest BCUT2D eigenvalue weighted by Gasteiger charge is 2.35. The second-order valence-corrected chi connectivity index (χ2v) is 5.15. The van der Waals surface area contributed by atoms with E-state index in [0.717, 1.165) is 12.8 Å². The van der Waals surface area contributed by atoms with Gasteiger partial charge in [0, 0.05) is 29.6 Å². The Balaban J connectivity index is 2.34. The van der Waals surface area contributed by atoms with Crippen LogP contribution in [0.3, 0.4) is 0 Å². The Morgan fingerprint density at radius 3 is 2.68 bits per heavy atom. The van der Waals surface area contributed by atoms with E-state index in [4.69, 9.17) is 23.2 Å². The van der Waals surface area contributed by atoms with E-state index >= 15 is 0 Å². The maximum atomic E-state index is 12.4. The number of benzene rings is 1. The highest BCUT2D eigenvalue weighted by Crippen LogP contribution is 2.31. The molecule has 1 saturated carbocycles. The van der Waals surface area contributed by atoms with Gasteiger partial charge in [-0.3, -0.25) is 14.9 Å². The monoisotopic (exact) mass is 302 g/mol. The molecule has 5 nitrogen and oxygen atoms in total. The SMILES string of the molecule is O=C(c1ccc(Cl)cc1[N+](=O)[O-])N(CCCl)C1CC1. The van der Waals surface area contributed by atoms with Gasteiger partial charge in [-0.25, -0.2) is 0 Å². The van der Waals surface area contributed by atoms with E-state index in [2.05, 4.69) is 0 Å². The van der Waals surface area contributed by atoms with Crippen LogP contribution in [-0.2, 0) is 0 Å². The summed E-state index contributed by atoms with van der Waals surface area (Å²) in [6, 6.07) is 4.22. The Kier molecular flexibility index (Phi) is 4.27. The maximum Gasteiger partial charge on any atom is 0.283 e. The van der Waals surface area contributed by atoms with Crippen molar-refractivity contribution in [3.05, 3.63) is 38.9 Å². The Labute approximate surface area is 120 Å². The van der Waals surface area contributed by atoms with Gasteiger partial charge < -0.3 is 4.90 Å². The molecule has 0 aromatic heterocycles. The largest absolute Gasteiger partial charge is 0.334 e. The van der Waals surface area contributed by atoms with E-state index in [1.54, 1.807) is 4.90 Å². The van der Waals surface area contributed by atoms with Crippen LogP contribution in [0.1, 0.15) is 23.2 Å². The number of alkyl halides is 1. The molecule has 0 N–H and O–H groups in total. The first kappa shape index (κ1) is 14.1. The number of carbonyl (C=O) groups excluding carboxylic acids is 1. The molecule has 1 aliphatic rings. The van der Waals surface area contributed by atoms with Crippen LogP contribution in [0.5, 0.6) is 0 Å². The molecule has 19 heavy (non-hydrogen) atoms. The summed E-state index contributed by atoms with van der Waals surface area (Å²) in [4.78, 5) is 24.4. The molecule has 1 aliphatic carbocycles. The van der Waals surface area contributed by atoms with Crippen molar-refractivity contribution >= 4 is 34.8 Å². The van der Waals surface area contributed by atoms with Gasteiger partial charge in [-0.2, -0.15) is 0 Å². The second kappa shape index (κ2) is 5.75. The van der Waals surface area contributed by atoms with Gasteiger partial charge in [0.1, 0.15) is 5.56 Å². The van der Waals surface area contributed by atoms with Crippen LogP contribution in [0.15, 0.2) is 18.2 Å². The fourth-order valence-corrected chi connectivity index (χ4v) is 2.27. The van der Waals surface area contributed by atoms with Gasteiger partial charge in [0.2, 0.25) is 0 Å². The number of rotatable bonds is 5. The van der Waals surface area contributed by atoms with Crippen LogP contribution in [0.4, 0.5) is 5.69 Å². The van der Waals surface area contributed by atoms with Gasteiger partial charge in [0.05, 0.1) is 4.92 Å². The predicted octanol–water partition coefficient (Wildman–Crippen LogP) is 3.09. The summed E-state index contributed by atoms with van der Waals surface area (Å²) >= 11 is 11.4. The third-order valence-corrected chi connectivity index (χ3v) is 3.36. The number of nitro groups is 1. The maximum absolute atomic E-state index is 12.4. The lowest BCUT2D eigenvalue weighted by Crippen LogP contribution is -2.35. The predicted molar refractivity (Wildman–Crippen MR) is 72.9 cm³/mol. The number of halogens is 2. The van der Waals surface area contributed by atoms with Gasteiger partial charge in [-0.05, 0) is 25.0 Å². The molecule has 0 saturated heterocycles. The molecule has 0 radical (unpaired) electrons. The first-order valence-corrected chi connectivity index (χ1v) is 6.76. The lowest BCUT2D eigenvalue weighted by atomic mass is 10.1. The van der Waals surface area contributed by atoms with Crippen LogP contribution in [0.25, 0.3) is 0 Å². The number of hydrogen-bond acceptors (Lipinski definition) is 3. The number of nitro benzene ring substituents is 1. The van der Waals surface area contributed by atoms with E-state index in [9.17, 15) is 14.9 Å². The number of nitrogens with zero attached hydrogens (tertiary/aromatic N) is 2. The molecule has 1 aromatic carbocycles. The van der Waals surface area contributed by atoms with Crippen molar-refractivity contribution in [3.63, 3.8) is 0 Å². The van der Waals surface area contributed by atoms with Crippen molar-refractivity contribution in [2.75, 3.05) is 12.4 Å². The molecule has 0 aliphatic heterocycles. The van der Waals surface area contributed by atoms with Crippen LogP contribution >= 0.6 is 23.2 Å².